The second kappa shape index (κ2) is 9.59. The van der Waals surface area contributed by atoms with Crippen molar-refractivity contribution < 1.29 is 17.9 Å². The zero-order valence-electron chi connectivity index (χ0n) is 16.8. The molecule has 0 radical (unpaired) electrons. The van der Waals surface area contributed by atoms with Gasteiger partial charge in [-0.05, 0) is 55.2 Å². The molecule has 0 saturated carbocycles. The Labute approximate surface area is 167 Å². The van der Waals surface area contributed by atoms with E-state index in [0.717, 1.165) is 33.9 Å². The van der Waals surface area contributed by atoms with Gasteiger partial charge in [0.1, 0.15) is 11.8 Å². The van der Waals surface area contributed by atoms with E-state index in [2.05, 4.69) is 5.32 Å². The molecule has 1 amide bonds. The van der Waals surface area contributed by atoms with Crippen LogP contribution in [0.3, 0.4) is 0 Å². The van der Waals surface area contributed by atoms with Crippen molar-refractivity contribution in [3.63, 3.8) is 0 Å². The van der Waals surface area contributed by atoms with Crippen LogP contribution in [0.2, 0.25) is 0 Å². The maximum atomic E-state index is 12.6. The Morgan fingerprint density at radius 1 is 1.07 bits per heavy atom. The number of carbonyl (C=O) groups excluding carboxylic acids is 1. The number of benzene rings is 2. The number of hydrogen-bond acceptors (Lipinski definition) is 4. The third-order valence-corrected chi connectivity index (χ3v) is 5.80. The van der Waals surface area contributed by atoms with E-state index in [9.17, 15) is 13.2 Å². The summed E-state index contributed by atoms with van der Waals surface area (Å²) in [6.07, 6.45) is 2.62. The molecular formula is C21H28N2O4S. The molecular weight excluding hydrogens is 376 g/mol. The van der Waals surface area contributed by atoms with Crippen molar-refractivity contribution in [3.8, 4) is 5.75 Å². The molecule has 6 nitrogen and oxygen atoms in total. The van der Waals surface area contributed by atoms with Crippen LogP contribution in [-0.2, 0) is 27.7 Å². The summed E-state index contributed by atoms with van der Waals surface area (Å²) in [6, 6.07) is 14.0. The van der Waals surface area contributed by atoms with Gasteiger partial charge in [-0.25, -0.2) is 8.42 Å². The summed E-state index contributed by atoms with van der Waals surface area (Å²) in [7, 11) is -2.00. The van der Waals surface area contributed by atoms with Crippen molar-refractivity contribution in [1.29, 1.82) is 0 Å². The van der Waals surface area contributed by atoms with Crippen LogP contribution < -0.4 is 14.4 Å². The van der Waals surface area contributed by atoms with Crippen molar-refractivity contribution in [3.05, 3.63) is 59.7 Å². The second-order valence-electron chi connectivity index (χ2n) is 6.64. The van der Waals surface area contributed by atoms with Gasteiger partial charge < -0.3 is 10.1 Å². The van der Waals surface area contributed by atoms with Gasteiger partial charge in [0.05, 0.1) is 19.1 Å². The molecule has 0 bridgehead atoms. The van der Waals surface area contributed by atoms with Crippen molar-refractivity contribution >= 4 is 21.6 Å². The lowest BCUT2D eigenvalue weighted by Crippen LogP contribution is -2.48. The lowest BCUT2D eigenvalue weighted by Gasteiger charge is -2.28. The average molecular weight is 405 g/mol. The first-order chi connectivity index (χ1) is 13.3. The standard InChI is InChI=1S/C21H28N2O4S/c1-5-17-6-10-19(11-7-17)23(28(4,25)26)16(2)21(24)22-15-14-18-8-12-20(27-3)13-9-18/h6-13,16H,5,14-15H2,1-4H3,(H,22,24)/t16-/m1/s1. The summed E-state index contributed by atoms with van der Waals surface area (Å²) in [5.41, 5.74) is 2.65. The summed E-state index contributed by atoms with van der Waals surface area (Å²) in [4.78, 5) is 12.6. The van der Waals surface area contributed by atoms with Crippen LogP contribution in [0.1, 0.15) is 25.0 Å². The molecule has 0 aliphatic rings. The highest BCUT2D eigenvalue weighted by Gasteiger charge is 2.28. The van der Waals surface area contributed by atoms with Gasteiger partial charge in [0.25, 0.3) is 0 Å². The number of nitrogens with one attached hydrogen (secondary N) is 1. The van der Waals surface area contributed by atoms with Gasteiger partial charge in [-0.15, -0.1) is 0 Å². The van der Waals surface area contributed by atoms with Crippen LogP contribution in [0, 0.1) is 0 Å². The van der Waals surface area contributed by atoms with E-state index in [-0.39, 0.29) is 5.91 Å². The van der Waals surface area contributed by atoms with Crippen LogP contribution in [0.15, 0.2) is 48.5 Å². The Balaban J connectivity index is 2.04. The van der Waals surface area contributed by atoms with Crippen LogP contribution in [0.5, 0.6) is 5.75 Å². The summed E-state index contributed by atoms with van der Waals surface area (Å²) in [5, 5.41) is 2.83. The third-order valence-electron chi connectivity index (χ3n) is 4.56. The van der Waals surface area contributed by atoms with E-state index in [1.54, 1.807) is 26.2 Å². The normalized spacial score (nSPS) is 12.3. The van der Waals surface area contributed by atoms with E-state index < -0.39 is 16.1 Å². The Morgan fingerprint density at radius 3 is 2.14 bits per heavy atom. The van der Waals surface area contributed by atoms with Gasteiger partial charge in [0.2, 0.25) is 15.9 Å². The van der Waals surface area contributed by atoms with Gasteiger partial charge in [0, 0.05) is 6.54 Å². The quantitative estimate of drug-likeness (QED) is 0.697. The molecule has 2 aromatic rings. The monoisotopic (exact) mass is 404 g/mol. The summed E-state index contributed by atoms with van der Waals surface area (Å²) < 4.78 is 30.9. The molecule has 2 rings (SSSR count). The molecule has 0 aliphatic heterocycles. The lowest BCUT2D eigenvalue weighted by atomic mass is 10.1. The first-order valence-electron chi connectivity index (χ1n) is 9.25. The molecule has 0 unspecified atom stereocenters. The largest absolute Gasteiger partial charge is 0.497 e. The molecule has 2 aromatic carbocycles. The highest BCUT2D eigenvalue weighted by Crippen LogP contribution is 2.21. The molecule has 0 spiro atoms. The van der Waals surface area contributed by atoms with Crippen molar-refractivity contribution in [1.82, 2.24) is 5.32 Å². The van der Waals surface area contributed by atoms with E-state index in [0.29, 0.717) is 18.7 Å². The Morgan fingerprint density at radius 2 is 1.64 bits per heavy atom. The number of carbonyl (C=O) groups is 1. The number of anilines is 1. The zero-order chi connectivity index (χ0) is 20.7. The minimum atomic E-state index is -3.61. The average Bonchev–Trinajstić information content (AvgIpc) is 2.68. The van der Waals surface area contributed by atoms with E-state index >= 15 is 0 Å². The Bertz CT molecular complexity index is 878. The second-order valence-corrected chi connectivity index (χ2v) is 8.50. The fourth-order valence-corrected chi connectivity index (χ4v) is 4.13. The van der Waals surface area contributed by atoms with Crippen LogP contribution >= 0.6 is 0 Å². The molecule has 7 heteroatoms. The minimum absolute atomic E-state index is 0.335. The number of rotatable bonds is 9. The molecule has 152 valence electrons. The molecule has 28 heavy (non-hydrogen) atoms. The first kappa shape index (κ1) is 21.8. The molecule has 1 atom stereocenters. The fourth-order valence-electron chi connectivity index (χ4n) is 2.96. The maximum absolute atomic E-state index is 12.6. The number of nitrogens with zero attached hydrogens (tertiary/aromatic N) is 1. The van der Waals surface area contributed by atoms with Gasteiger partial charge in [-0.3, -0.25) is 9.10 Å². The summed E-state index contributed by atoms with van der Waals surface area (Å²) >= 11 is 0. The zero-order valence-corrected chi connectivity index (χ0v) is 17.6. The van der Waals surface area contributed by atoms with Crippen molar-refractivity contribution in [2.75, 3.05) is 24.2 Å². The van der Waals surface area contributed by atoms with Gasteiger partial charge in [-0.1, -0.05) is 31.2 Å². The molecule has 0 aliphatic carbocycles. The van der Waals surface area contributed by atoms with Crippen LogP contribution in [-0.4, -0.2) is 40.3 Å². The highest BCUT2D eigenvalue weighted by molar-refractivity contribution is 7.92. The number of sulfonamides is 1. The minimum Gasteiger partial charge on any atom is -0.497 e. The molecule has 0 heterocycles. The summed E-state index contributed by atoms with van der Waals surface area (Å²) in [6.45, 7) is 4.04. The molecule has 1 N–H and O–H groups in total. The van der Waals surface area contributed by atoms with Crippen LogP contribution in [0.25, 0.3) is 0 Å². The number of aryl methyl sites for hydroxylation is 1. The van der Waals surface area contributed by atoms with E-state index in [1.807, 2.05) is 43.3 Å². The van der Waals surface area contributed by atoms with Crippen LogP contribution in [0.4, 0.5) is 5.69 Å². The van der Waals surface area contributed by atoms with Gasteiger partial charge >= 0.3 is 0 Å². The maximum Gasteiger partial charge on any atom is 0.243 e. The smallest absolute Gasteiger partial charge is 0.243 e. The predicted octanol–water partition coefficient (Wildman–Crippen LogP) is 2.77. The van der Waals surface area contributed by atoms with E-state index in [1.165, 1.54) is 0 Å². The first-order valence-corrected chi connectivity index (χ1v) is 11.1. The fraction of sp³-hybridized carbons (Fsp3) is 0.381. The topological polar surface area (TPSA) is 75.7 Å². The third kappa shape index (κ3) is 5.73. The summed E-state index contributed by atoms with van der Waals surface area (Å²) in [5.74, 6) is 0.442. The van der Waals surface area contributed by atoms with Crippen molar-refractivity contribution in [2.24, 2.45) is 0 Å². The number of methoxy groups -OCH3 is 1. The van der Waals surface area contributed by atoms with E-state index in [4.69, 9.17) is 4.74 Å². The lowest BCUT2D eigenvalue weighted by molar-refractivity contribution is -0.121. The molecule has 0 saturated heterocycles. The number of ether oxygens (including phenoxy) is 1. The number of hydrogen-bond donors (Lipinski definition) is 1. The predicted molar refractivity (Wildman–Crippen MR) is 112 cm³/mol. The molecule has 0 aromatic heterocycles. The highest BCUT2D eigenvalue weighted by atomic mass is 32.2. The van der Waals surface area contributed by atoms with Gasteiger partial charge in [-0.2, -0.15) is 0 Å². The Kier molecular flexibility index (Phi) is 7.45. The number of amides is 1. The van der Waals surface area contributed by atoms with Crippen molar-refractivity contribution in [2.45, 2.75) is 32.7 Å². The SMILES string of the molecule is CCc1ccc(N([C@H](C)C(=O)NCCc2ccc(OC)cc2)S(C)(=O)=O)cc1. The Hall–Kier alpha value is -2.54. The molecule has 0 fully saturated rings. The van der Waals surface area contributed by atoms with Gasteiger partial charge in [0.15, 0.2) is 0 Å².